The van der Waals surface area contributed by atoms with Gasteiger partial charge in [0.25, 0.3) is 0 Å². The molecule has 8 nitrogen and oxygen atoms in total. The highest BCUT2D eigenvalue weighted by Crippen LogP contribution is 2.15. The summed E-state index contributed by atoms with van der Waals surface area (Å²) < 4.78 is 1.61. The molecule has 1 amide bonds. The Bertz CT molecular complexity index is 692. The van der Waals surface area contributed by atoms with Crippen molar-refractivity contribution in [2.75, 3.05) is 18.4 Å². The Morgan fingerprint density at radius 3 is 2.60 bits per heavy atom. The van der Waals surface area contributed by atoms with Gasteiger partial charge in [-0.15, -0.1) is 0 Å². The second-order valence-corrected chi connectivity index (χ2v) is 6.57. The topological polar surface area (TPSA) is 88.0 Å². The number of tetrazole rings is 1. The summed E-state index contributed by atoms with van der Waals surface area (Å²) in [6.45, 7) is 7.61. The Morgan fingerprint density at radius 1 is 1.28 bits per heavy atom. The van der Waals surface area contributed by atoms with Gasteiger partial charge in [0.1, 0.15) is 6.04 Å². The van der Waals surface area contributed by atoms with Gasteiger partial charge in [-0.2, -0.15) is 4.68 Å². The second kappa shape index (κ2) is 7.60. The number of nitrogens with zero attached hydrogens (tertiary/aromatic N) is 5. The molecule has 1 aromatic heterocycles. The van der Waals surface area contributed by atoms with Crippen LogP contribution in [0.4, 0.5) is 5.95 Å². The first kappa shape index (κ1) is 17.3. The number of carbonyl (C=O) groups excluding carboxylic acids is 1. The van der Waals surface area contributed by atoms with Gasteiger partial charge >= 0.3 is 0 Å². The van der Waals surface area contributed by atoms with E-state index in [9.17, 15) is 4.79 Å². The molecule has 1 saturated heterocycles. The lowest BCUT2D eigenvalue weighted by molar-refractivity contribution is -0.133. The maximum Gasteiger partial charge on any atom is 0.248 e. The van der Waals surface area contributed by atoms with E-state index in [1.165, 1.54) is 0 Å². The van der Waals surface area contributed by atoms with Crippen molar-refractivity contribution in [1.82, 2.24) is 30.4 Å². The highest BCUT2D eigenvalue weighted by Gasteiger charge is 2.30. The van der Waals surface area contributed by atoms with Crippen LogP contribution >= 0.6 is 0 Å². The van der Waals surface area contributed by atoms with Crippen molar-refractivity contribution in [2.24, 2.45) is 0 Å². The number of amides is 1. The first-order chi connectivity index (χ1) is 12.1. The van der Waals surface area contributed by atoms with Crippen molar-refractivity contribution in [1.29, 1.82) is 0 Å². The number of hydrogen-bond donors (Lipinski definition) is 2. The van der Waals surface area contributed by atoms with Crippen molar-refractivity contribution >= 4 is 11.9 Å². The molecule has 1 aromatic carbocycles. The van der Waals surface area contributed by atoms with Crippen molar-refractivity contribution in [2.45, 2.75) is 45.3 Å². The predicted molar refractivity (Wildman–Crippen MR) is 95.5 cm³/mol. The molecular weight excluding hydrogens is 318 g/mol. The minimum atomic E-state index is -0.356. The molecule has 1 fully saturated rings. The molecule has 1 aliphatic heterocycles. The summed E-state index contributed by atoms with van der Waals surface area (Å²) in [4.78, 5) is 14.9. The van der Waals surface area contributed by atoms with E-state index in [1.54, 1.807) is 4.68 Å². The van der Waals surface area contributed by atoms with Crippen molar-refractivity contribution in [3.8, 4) is 5.69 Å². The largest absolute Gasteiger partial charge is 0.341 e. The van der Waals surface area contributed by atoms with E-state index in [1.807, 2.05) is 42.2 Å². The molecule has 2 heterocycles. The molecule has 25 heavy (non-hydrogen) atoms. The third kappa shape index (κ3) is 3.96. The molecule has 2 aromatic rings. The van der Waals surface area contributed by atoms with E-state index >= 15 is 0 Å². The maximum absolute atomic E-state index is 13.0. The maximum atomic E-state index is 13.0. The van der Waals surface area contributed by atoms with Crippen LogP contribution in [0, 0.1) is 0 Å². The quantitative estimate of drug-likeness (QED) is 0.844. The van der Waals surface area contributed by atoms with Gasteiger partial charge in [0, 0.05) is 25.2 Å². The summed E-state index contributed by atoms with van der Waals surface area (Å²) in [6.07, 6.45) is 0.660. The summed E-state index contributed by atoms with van der Waals surface area (Å²) in [5, 5.41) is 18.5. The van der Waals surface area contributed by atoms with Gasteiger partial charge in [-0.3, -0.25) is 4.79 Å². The molecule has 0 aliphatic carbocycles. The predicted octanol–water partition coefficient (Wildman–Crippen LogP) is 1.06. The Balaban J connectivity index is 1.75. The highest BCUT2D eigenvalue weighted by atomic mass is 16.2. The summed E-state index contributed by atoms with van der Waals surface area (Å²) in [5.41, 5.74) is 0.849. The van der Waals surface area contributed by atoms with Crippen LogP contribution in [0.15, 0.2) is 30.3 Å². The number of hydrogen-bond acceptors (Lipinski definition) is 6. The van der Waals surface area contributed by atoms with Crippen LogP contribution in [0.2, 0.25) is 0 Å². The van der Waals surface area contributed by atoms with E-state index in [0.717, 1.165) is 5.69 Å². The lowest BCUT2D eigenvalue weighted by Gasteiger charge is -2.37. The smallest absolute Gasteiger partial charge is 0.248 e. The zero-order valence-corrected chi connectivity index (χ0v) is 14.9. The number of para-hydroxylation sites is 1. The number of piperazine rings is 1. The summed E-state index contributed by atoms with van der Waals surface area (Å²) in [5.74, 6) is 0.563. The van der Waals surface area contributed by atoms with Crippen LogP contribution < -0.4 is 10.6 Å². The second-order valence-electron chi connectivity index (χ2n) is 6.57. The van der Waals surface area contributed by atoms with E-state index in [-0.39, 0.29) is 11.9 Å². The number of carbonyl (C=O) groups is 1. The van der Waals surface area contributed by atoms with Crippen molar-refractivity contribution < 1.29 is 4.79 Å². The Labute approximate surface area is 147 Å². The Hall–Kier alpha value is -2.48. The fourth-order valence-corrected chi connectivity index (χ4v) is 3.24. The van der Waals surface area contributed by atoms with Gasteiger partial charge in [0.15, 0.2) is 0 Å². The number of rotatable bonds is 5. The molecule has 3 unspecified atom stereocenters. The van der Waals surface area contributed by atoms with Gasteiger partial charge in [-0.05, 0) is 42.8 Å². The van der Waals surface area contributed by atoms with Gasteiger partial charge < -0.3 is 15.5 Å². The van der Waals surface area contributed by atoms with Gasteiger partial charge in [-0.25, -0.2) is 0 Å². The van der Waals surface area contributed by atoms with Gasteiger partial charge in [-0.1, -0.05) is 30.2 Å². The molecule has 3 atom stereocenters. The molecule has 8 heteroatoms. The SMILES string of the molecule is CCC(Nc1nnnn1-c1ccccc1)C(=O)N1CC(C)NC(C)C1. The molecule has 0 bridgehead atoms. The zero-order valence-electron chi connectivity index (χ0n) is 14.9. The molecule has 2 N–H and O–H groups in total. The first-order valence-corrected chi connectivity index (χ1v) is 8.73. The molecule has 3 rings (SSSR count). The average molecular weight is 343 g/mol. The number of anilines is 1. The average Bonchev–Trinajstić information content (AvgIpc) is 3.07. The lowest BCUT2D eigenvalue weighted by Crippen LogP contribution is -2.58. The third-order valence-electron chi connectivity index (χ3n) is 4.35. The van der Waals surface area contributed by atoms with Crippen LogP contribution in [-0.2, 0) is 4.79 Å². The molecular formula is C17H25N7O. The standard InChI is InChI=1S/C17H25N7O/c1-4-15(16(25)23-10-12(2)18-13(3)11-23)19-17-20-21-22-24(17)14-8-6-5-7-9-14/h5-9,12-13,15,18H,4,10-11H2,1-3H3,(H,19,20,22). The first-order valence-electron chi connectivity index (χ1n) is 8.73. The lowest BCUT2D eigenvalue weighted by atomic mass is 10.1. The van der Waals surface area contributed by atoms with Crippen LogP contribution in [0.1, 0.15) is 27.2 Å². The number of nitrogens with one attached hydrogen (secondary N) is 2. The molecule has 0 spiro atoms. The minimum Gasteiger partial charge on any atom is -0.341 e. The van der Waals surface area contributed by atoms with Gasteiger partial charge in [0.2, 0.25) is 11.9 Å². The monoisotopic (exact) mass is 343 g/mol. The number of aromatic nitrogens is 4. The summed E-state index contributed by atoms with van der Waals surface area (Å²) in [7, 11) is 0. The normalized spacial score (nSPS) is 21.8. The van der Waals surface area contributed by atoms with Crippen LogP contribution in [-0.4, -0.2) is 62.2 Å². The van der Waals surface area contributed by atoms with Crippen LogP contribution in [0.3, 0.4) is 0 Å². The van der Waals surface area contributed by atoms with Crippen LogP contribution in [0.25, 0.3) is 5.69 Å². The molecule has 0 radical (unpaired) electrons. The van der Waals surface area contributed by atoms with Crippen molar-refractivity contribution in [3.05, 3.63) is 30.3 Å². The van der Waals surface area contributed by atoms with Crippen LogP contribution in [0.5, 0.6) is 0 Å². The fraction of sp³-hybridized carbons (Fsp3) is 0.529. The summed E-state index contributed by atoms with van der Waals surface area (Å²) in [6, 6.07) is 9.85. The van der Waals surface area contributed by atoms with E-state index in [0.29, 0.717) is 37.5 Å². The van der Waals surface area contributed by atoms with E-state index in [2.05, 4.69) is 40.0 Å². The zero-order chi connectivity index (χ0) is 17.8. The van der Waals surface area contributed by atoms with E-state index in [4.69, 9.17) is 0 Å². The fourth-order valence-electron chi connectivity index (χ4n) is 3.24. The Morgan fingerprint density at radius 2 is 1.96 bits per heavy atom. The third-order valence-corrected chi connectivity index (χ3v) is 4.35. The molecule has 134 valence electrons. The highest BCUT2D eigenvalue weighted by molar-refractivity contribution is 5.84. The summed E-state index contributed by atoms with van der Waals surface area (Å²) >= 11 is 0. The minimum absolute atomic E-state index is 0.0883. The van der Waals surface area contributed by atoms with E-state index < -0.39 is 0 Å². The van der Waals surface area contributed by atoms with Crippen molar-refractivity contribution in [3.63, 3.8) is 0 Å². The van der Waals surface area contributed by atoms with Gasteiger partial charge in [0.05, 0.1) is 5.69 Å². The Kier molecular flexibility index (Phi) is 5.28. The number of benzene rings is 1. The molecule has 1 aliphatic rings. The molecule has 0 saturated carbocycles.